The number of nitrogens with one attached hydrogen (secondary N) is 1. The first-order valence-corrected chi connectivity index (χ1v) is 7.39. The smallest absolute Gasteiger partial charge is 0.223 e. The van der Waals surface area contributed by atoms with Gasteiger partial charge >= 0.3 is 0 Å². The molecular weight excluding hydrogens is 240 g/mol. The summed E-state index contributed by atoms with van der Waals surface area (Å²) in [6, 6.07) is 0. The lowest BCUT2D eigenvalue weighted by molar-refractivity contribution is -0.137. The summed E-state index contributed by atoms with van der Waals surface area (Å²) in [6.07, 6.45) is 3.87. The van der Waals surface area contributed by atoms with Gasteiger partial charge in [-0.2, -0.15) is 0 Å². The van der Waals surface area contributed by atoms with Crippen LogP contribution in [-0.2, 0) is 9.59 Å². The highest BCUT2D eigenvalue weighted by Crippen LogP contribution is 2.32. The third-order valence-electron chi connectivity index (χ3n) is 3.90. The first-order chi connectivity index (χ1) is 8.93. The van der Waals surface area contributed by atoms with Gasteiger partial charge in [0.1, 0.15) is 5.78 Å². The zero-order valence-corrected chi connectivity index (χ0v) is 12.7. The molecule has 1 aliphatic carbocycles. The molecule has 4 heteroatoms. The molecule has 0 bridgehead atoms. The van der Waals surface area contributed by atoms with Crippen LogP contribution in [0, 0.1) is 17.8 Å². The zero-order chi connectivity index (χ0) is 14.4. The number of carbonyl (C=O) groups is 2. The molecule has 0 radical (unpaired) electrons. The number of carbonyl (C=O) groups excluding carboxylic acids is 2. The second-order valence-electron chi connectivity index (χ2n) is 6.15. The van der Waals surface area contributed by atoms with E-state index in [4.69, 9.17) is 0 Å². The van der Waals surface area contributed by atoms with Crippen molar-refractivity contribution in [2.45, 2.75) is 39.5 Å². The minimum absolute atomic E-state index is 0.0279. The van der Waals surface area contributed by atoms with Crippen LogP contribution in [0.15, 0.2) is 0 Å². The maximum Gasteiger partial charge on any atom is 0.223 e. The molecule has 1 saturated carbocycles. The largest absolute Gasteiger partial charge is 0.355 e. The van der Waals surface area contributed by atoms with E-state index in [1.807, 2.05) is 32.8 Å². The highest BCUT2D eigenvalue weighted by Gasteiger charge is 2.36. The van der Waals surface area contributed by atoms with Crippen LogP contribution >= 0.6 is 0 Å². The summed E-state index contributed by atoms with van der Waals surface area (Å²) >= 11 is 0. The summed E-state index contributed by atoms with van der Waals surface area (Å²) < 4.78 is 0. The van der Waals surface area contributed by atoms with Gasteiger partial charge in [0, 0.05) is 30.8 Å². The topological polar surface area (TPSA) is 49.4 Å². The predicted molar refractivity (Wildman–Crippen MR) is 76.9 cm³/mol. The zero-order valence-electron chi connectivity index (χ0n) is 12.7. The fraction of sp³-hybridized carbons (Fsp3) is 0.867. The molecule has 110 valence electrons. The Morgan fingerprint density at radius 1 is 1.16 bits per heavy atom. The van der Waals surface area contributed by atoms with Gasteiger partial charge in [-0.3, -0.25) is 9.59 Å². The van der Waals surface area contributed by atoms with Crippen LogP contribution in [0.5, 0.6) is 0 Å². The predicted octanol–water partition coefficient (Wildman–Crippen LogP) is 1.70. The second kappa shape index (κ2) is 7.63. The summed E-state index contributed by atoms with van der Waals surface area (Å²) in [5, 5.41) is 2.97. The lowest BCUT2D eigenvalue weighted by atomic mass is 9.74. The number of Topliss-reactive ketones (excluding diaryl/α,β-unsaturated/α-hetero) is 1. The van der Waals surface area contributed by atoms with E-state index in [1.54, 1.807) is 0 Å². The number of hydrogen-bond acceptors (Lipinski definition) is 3. The molecule has 1 aliphatic rings. The Bertz CT molecular complexity index is 313. The Morgan fingerprint density at radius 2 is 1.74 bits per heavy atom. The van der Waals surface area contributed by atoms with Gasteiger partial charge in [-0.1, -0.05) is 26.7 Å². The molecule has 0 spiro atoms. The van der Waals surface area contributed by atoms with E-state index in [0.717, 1.165) is 32.2 Å². The fourth-order valence-corrected chi connectivity index (χ4v) is 2.75. The highest BCUT2D eigenvalue weighted by molar-refractivity contribution is 5.89. The highest BCUT2D eigenvalue weighted by atomic mass is 16.2. The Morgan fingerprint density at radius 3 is 2.26 bits per heavy atom. The van der Waals surface area contributed by atoms with Crippen molar-refractivity contribution >= 4 is 11.7 Å². The first kappa shape index (κ1) is 16.2. The van der Waals surface area contributed by atoms with Crippen molar-refractivity contribution in [3.63, 3.8) is 0 Å². The van der Waals surface area contributed by atoms with Crippen LogP contribution in [0.4, 0.5) is 0 Å². The van der Waals surface area contributed by atoms with Gasteiger partial charge in [0.2, 0.25) is 5.91 Å². The molecule has 19 heavy (non-hydrogen) atoms. The molecular formula is C15H28N2O2. The maximum atomic E-state index is 12.2. The van der Waals surface area contributed by atoms with Gasteiger partial charge < -0.3 is 10.2 Å². The molecule has 4 nitrogen and oxygen atoms in total. The average Bonchev–Trinajstić information content (AvgIpc) is 2.37. The normalized spacial score (nSPS) is 23.7. The monoisotopic (exact) mass is 268 g/mol. The molecule has 0 aromatic rings. The molecule has 2 atom stereocenters. The van der Waals surface area contributed by atoms with Gasteiger partial charge in [0.25, 0.3) is 0 Å². The van der Waals surface area contributed by atoms with E-state index < -0.39 is 0 Å². The maximum absolute atomic E-state index is 12.2. The van der Waals surface area contributed by atoms with Crippen LogP contribution in [0.25, 0.3) is 0 Å². The number of amides is 1. The molecule has 0 aromatic carbocycles. The van der Waals surface area contributed by atoms with Crippen molar-refractivity contribution in [2.75, 3.05) is 27.2 Å². The van der Waals surface area contributed by atoms with Gasteiger partial charge in [-0.25, -0.2) is 0 Å². The van der Waals surface area contributed by atoms with E-state index in [0.29, 0.717) is 6.54 Å². The van der Waals surface area contributed by atoms with E-state index in [-0.39, 0.29) is 29.4 Å². The summed E-state index contributed by atoms with van der Waals surface area (Å²) in [5.74, 6) is 0.187. The molecule has 1 amide bonds. The molecule has 1 rings (SSSR count). The Kier molecular flexibility index (Phi) is 6.49. The molecule has 0 heterocycles. The minimum Gasteiger partial charge on any atom is -0.355 e. The summed E-state index contributed by atoms with van der Waals surface area (Å²) in [4.78, 5) is 26.5. The van der Waals surface area contributed by atoms with Crippen molar-refractivity contribution in [2.24, 2.45) is 17.8 Å². The van der Waals surface area contributed by atoms with Gasteiger partial charge in [-0.05, 0) is 26.9 Å². The van der Waals surface area contributed by atoms with Crippen LogP contribution < -0.4 is 5.32 Å². The van der Waals surface area contributed by atoms with Crippen molar-refractivity contribution in [1.29, 1.82) is 0 Å². The van der Waals surface area contributed by atoms with E-state index in [9.17, 15) is 9.59 Å². The van der Waals surface area contributed by atoms with E-state index in [1.165, 1.54) is 0 Å². The van der Waals surface area contributed by atoms with Gasteiger partial charge in [0.05, 0.1) is 0 Å². The van der Waals surface area contributed by atoms with Gasteiger partial charge in [-0.15, -0.1) is 0 Å². The van der Waals surface area contributed by atoms with Crippen molar-refractivity contribution in [1.82, 2.24) is 10.2 Å². The van der Waals surface area contributed by atoms with Crippen molar-refractivity contribution < 1.29 is 9.59 Å². The molecule has 1 fully saturated rings. The van der Waals surface area contributed by atoms with Crippen LogP contribution in [0.3, 0.4) is 0 Å². The molecule has 1 N–H and O–H groups in total. The minimum atomic E-state index is -0.106. The number of nitrogens with zero attached hydrogens (tertiary/aromatic N) is 1. The summed E-state index contributed by atoms with van der Waals surface area (Å²) in [6.45, 7) is 5.35. The van der Waals surface area contributed by atoms with Crippen LogP contribution in [-0.4, -0.2) is 43.8 Å². The van der Waals surface area contributed by atoms with Gasteiger partial charge in [0.15, 0.2) is 0 Å². The quantitative estimate of drug-likeness (QED) is 0.797. The Hall–Kier alpha value is -0.900. The van der Waals surface area contributed by atoms with E-state index in [2.05, 4.69) is 5.32 Å². The number of hydrogen-bond donors (Lipinski definition) is 1. The number of ketones is 1. The summed E-state index contributed by atoms with van der Waals surface area (Å²) in [7, 11) is 3.97. The SMILES string of the molecule is CC(C)C(=O)C1CCCCC1C(=O)NCCN(C)C. The molecule has 0 aliphatic heterocycles. The Balaban J connectivity index is 2.56. The lowest BCUT2D eigenvalue weighted by Crippen LogP contribution is -2.42. The third-order valence-corrected chi connectivity index (χ3v) is 3.90. The van der Waals surface area contributed by atoms with Crippen molar-refractivity contribution in [3.8, 4) is 0 Å². The molecule has 2 unspecified atom stereocenters. The Labute approximate surface area is 116 Å². The standard InChI is InChI=1S/C15H28N2O2/c1-11(2)14(18)12-7-5-6-8-13(12)15(19)16-9-10-17(3)4/h11-13H,5-10H2,1-4H3,(H,16,19). The van der Waals surface area contributed by atoms with Crippen LogP contribution in [0.1, 0.15) is 39.5 Å². The third kappa shape index (κ3) is 4.94. The fourth-order valence-electron chi connectivity index (χ4n) is 2.75. The lowest BCUT2D eigenvalue weighted by Gasteiger charge is -2.30. The van der Waals surface area contributed by atoms with Crippen LogP contribution in [0.2, 0.25) is 0 Å². The second-order valence-corrected chi connectivity index (χ2v) is 6.15. The molecule has 0 aromatic heterocycles. The number of rotatable bonds is 6. The van der Waals surface area contributed by atoms with E-state index >= 15 is 0 Å². The first-order valence-electron chi connectivity index (χ1n) is 7.39. The summed E-state index contributed by atoms with van der Waals surface area (Å²) in [5.41, 5.74) is 0. The average molecular weight is 268 g/mol. The number of likely N-dealkylation sites (N-methyl/N-ethyl adjacent to an activating group) is 1. The van der Waals surface area contributed by atoms with Crippen molar-refractivity contribution in [3.05, 3.63) is 0 Å². The molecule has 0 saturated heterocycles.